The highest BCUT2D eigenvalue weighted by Gasteiger charge is 2.22. The Hall–Kier alpha value is -4.12. The monoisotopic (exact) mass is 509 g/mol. The van der Waals surface area contributed by atoms with E-state index >= 15 is 0 Å². The number of ether oxygens (including phenoxy) is 1. The topological polar surface area (TPSA) is 136 Å². The lowest BCUT2D eigenvalue weighted by atomic mass is 10.1. The molecule has 0 aliphatic heterocycles. The number of hydrogen-bond donors (Lipinski definition) is 2. The summed E-state index contributed by atoms with van der Waals surface area (Å²) in [6.45, 7) is 7.23. The summed E-state index contributed by atoms with van der Waals surface area (Å²) >= 11 is 0. The van der Waals surface area contributed by atoms with Crippen LogP contribution in [0.5, 0.6) is 5.75 Å². The van der Waals surface area contributed by atoms with Crippen LogP contribution in [0.25, 0.3) is 22.8 Å². The second-order valence-corrected chi connectivity index (χ2v) is 8.86. The van der Waals surface area contributed by atoms with Crippen molar-refractivity contribution in [2.24, 2.45) is 0 Å². The third-order valence-electron chi connectivity index (χ3n) is 5.54. The van der Waals surface area contributed by atoms with Crippen LogP contribution in [-0.2, 0) is 0 Å². The Balaban J connectivity index is 1.45. The van der Waals surface area contributed by atoms with E-state index in [2.05, 4.69) is 25.6 Å². The number of aliphatic hydroxyl groups excluding tert-OH is 1. The molecule has 194 valence electrons. The standard InChI is InChI=1S/C26H28FN5O5/c1-5-21(35-18-9-6-16(7-10-18)22-29-25(14(2)3)36-31-22)26-30-23(32-37-26)17-8-11-19(20(27)12-17)24(34)28-15(4)13-33/h6-12,14-15,21,33H,5,13H2,1-4H3,(H,28,34)/t15-,21-/m1/s1. The molecule has 2 N–H and O–H groups in total. The van der Waals surface area contributed by atoms with Gasteiger partial charge >= 0.3 is 0 Å². The minimum Gasteiger partial charge on any atom is -0.481 e. The molecule has 37 heavy (non-hydrogen) atoms. The van der Waals surface area contributed by atoms with Gasteiger partial charge in [-0.25, -0.2) is 4.39 Å². The van der Waals surface area contributed by atoms with Gasteiger partial charge in [-0.15, -0.1) is 0 Å². The van der Waals surface area contributed by atoms with Gasteiger partial charge in [0.05, 0.1) is 12.2 Å². The highest BCUT2D eigenvalue weighted by molar-refractivity contribution is 5.95. The van der Waals surface area contributed by atoms with Crippen molar-refractivity contribution in [2.75, 3.05) is 6.61 Å². The van der Waals surface area contributed by atoms with Gasteiger partial charge in [-0.2, -0.15) is 9.97 Å². The summed E-state index contributed by atoms with van der Waals surface area (Å²) in [5, 5.41) is 19.5. The molecule has 4 rings (SSSR count). The van der Waals surface area contributed by atoms with Crippen molar-refractivity contribution in [1.82, 2.24) is 25.6 Å². The van der Waals surface area contributed by atoms with Gasteiger partial charge in [-0.05, 0) is 49.7 Å². The fourth-order valence-corrected chi connectivity index (χ4v) is 3.41. The van der Waals surface area contributed by atoms with Crippen LogP contribution in [0.2, 0.25) is 0 Å². The molecule has 0 fully saturated rings. The molecule has 0 bridgehead atoms. The van der Waals surface area contributed by atoms with E-state index < -0.39 is 23.9 Å². The van der Waals surface area contributed by atoms with Crippen LogP contribution in [0.1, 0.15) is 68.3 Å². The lowest BCUT2D eigenvalue weighted by Crippen LogP contribution is -2.35. The van der Waals surface area contributed by atoms with E-state index in [-0.39, 0.29) is 29.8 Å². The van der Waals surface area contributed by atoms with Crippen molar-refractivity contribution in [2.45, 2.75) is 52.2 Å². The Labute approximate surface area is 212 Å². The minimum atomic E-state index is -0.739. The fraction of sp³-hybridized carbons (Fsp3) is 0.346. The zero-order valence-corrected chi connectivity index (χ0v) is 20.9. The number of benzene rings is 2. The van der Waals surface area contributed by atoms with E-state index in [0.717, 1.165) is 11.6 Å². The maximum absolute atomic E-state index is 14.6. The number of aromatic nitrogens is 4. The largest absolute Gasteiger partial charge is 0.481 e. The van der Waals surface area contributed by atoms with Gasteiger partial charge in [0, 0.05) is 23.1 Å². The predicted octanol–water partition coefficient (Wildman–Crippen LogP) is 4.69. The molecule has 2 heterocycles. The van der Waals surface area contributed by atoms with E-state index in [0.29, 0.717) is 29.4 Å². The van der Waals surface area contributed by atoms with Crippen molar-refractivity contribution >= 4 is 5.91 Å². The van der Waals surface area contributed by atoms with Crippen LogP contribution in [-0.4, -0.2) is 43.9 Å². The summed E-state index contributed by atoms with van der Waals surface area (Å²) in [6, 6.07) is 10.8. The molecular weight excluding hydrogens is 481 g/mol. The second-order valence-electron chi connectivity index (χ2n) is 8.86. The molecule has 4 aromatic rings. The van der Waals surface area contributed by atoms with E-state index in [1.165, 1.54) is 12.1 Å². The third-order valence-corrected chi connectivity index (χ3v) is 5.54. The number of aliphatic hydroxyl groups is 1. The molecule has 1 amide bonds. The van der Waals surface area contributed by atoms with Gasteiger partial charge in [0.25, 0.3) is 11.8 Å². The molecule has 0 aliphatic carbocycles. The van der Waals surface area contributed by atoms with Crippen LogP contribution in [0.4, 0.5) is 4.39 Å². The maximum atomic E-state index is 14.6. The molecule has 0 radical (unpaired) electrons. The van der Waals surface area contributed by atoms with Crippen molar-refractivity contribution in [3.63, 3.8) is 0 Å². The Morgan fingerprint density at radius 2 is 1.62 bits per heavy atom. The van der Waals surface area contributed by atoms with Crippen molar-refractivity contribution in [3.05, 3.63) is 65.6 Å². The van der Waals surface area contributed by atoms with Gasteiger partial charge in [-0.3, -0.25) is 4.79 Å². The summed E-state index contributed by atoms with van der Waals surface area (Å²) < 4.78 is 31.3. The van der Waals surface area contributed by atoms with Crippen LogP contribution in [0.15, 0.2) is 51.5 Å². The van der Waals surface area contributed by atoms with Gasteiger partial charge in [0.1, 0.15) is 11.6 Å². The van der Waals surface area contributed by atoms with Crippen molar-refractivity contribution in [3.8, 4) is 28.5 Å². The molecule has 0 saturated carbocycles. The number of amides is 1. The Kier molecular flexibility index (Phi) is 7.92. The van der Waals surface area contributed by atoms with Crippen LogP contribution in [0, 0.1) is 5.82 Å². The first-order chi connectivity index (χ1) is 17.8. The highest BCUT2D eigenvalue weighted by Crippen LogP contribution is 2.28. The maximum Gasteiger partial charge on any atom is 0.268 e. The van der Waals surface area contributed by atoms with Crippen LogP contribution in [0.3, 0.4) is 0 Å². The third kappa shape index (κ3) is 6.00. The molecule has 2 atom stereocenters. The Bertz CT molecular complexity index is 1350. The first-order valence-corrected chi connectivity index (χ1v) is 11.9. The van der Waals surface area contributed by atoms with Gasteiger partial charge in [-0.1, -0.05) is 37.2 Å². The SMILES string of the molecule is CC[C@@H](Oc1ccc(-c2noc(C(C)C)n2)cc1)c1nc(-c2ccc(C(=O)N[C@H](C)CO)c(F)c2)no1. The first kappa shape index (κ1) is 26.0. The van der Waals surface area contributed by atoms with Crippen LogP contribution < -0.4 is 10.1 Å². The molecule has 0 unspecified atom stereocenters. The smallest absolute Gasteiger partial charge is 0.268 e. The number of hydrogen-bond acceptors (Lipinski definition) is 9. The van der Waals surface area contributed by atoms with Crippen molar-refractivity contribution in [1.29, 1.82) is 0 Å². The molecule has 0 aliphatic rings. The molecule has 10 nitrogen and oxygen atoms in total. The number of carbonyl (C=O) groups is 1. The average molecular weight is 510 g/mol. The molecule has 2 aromatic carbocycles. The van der Waals surface area contributed by atoms with E-state index in [1.54, 1.807) is 19.1 Å². The summed E-state index contributed by atoms with van der Waals surface area (Å²) in [5.41, 5.74) is 0.993. The summed E-state index contributed by atoms with van der Waals surface area (Å²) in [6.07, 6.45) is 0.0161. The van der Waals surface area contributed by atoms with Crippen molar-refractivity contribution < 1.29 is 28.1 Å². The number of nitrogens with one attached hydrogen (secondary N) is 1. The number of rotatable bonds is 10. The number of nitrogens with zero attached hydrogens (tertiary/aromatic N) is 4. The van der Waals surface area contributed by atoms with Gasteiger partial charge < -0.3 is 24.2 Å². The lowest BCUT2D eigenvalue weighted by molar-refractivity contribution is 0.0918. The zero-order chi connectivity index (χ0) is 26.5. The normalized spacial score (nSPS) is 12.9. The van der Waals surface area contributed by atoms with Gasteiger partial charge in [0.15, 0.2) is 6.10 Å². The summed E-state index contributed by atoms with van der Waals surface area (Å²) in [5.74, 6) is 0.844. The van der Waals surface area contributed by atoms with E-state index in [1.807, 2.05) is 32.9 Å². The lowest BCUT2D eigenvalue weighted by Gasteiger charge is -2.13. The second kappa shape index (κ2) is 11.3. The zero-order valence-electron chi connectivity index (χ0n) is 20.9. The molecular formula is C26H28FN5O5. The Morgan fingerprint density at radius 3 is 2.22 bits per heavy atom. The van der Waals surface area contributed by atoms with E-state index in [4.69, 9.17) is 18.9 Å². The van der Waals surface area contributed by atoms with Crippen LogP contribution >= 0.6 is 0 Å². The highest BCUT2D eigenvalue weighted by atomic mass is 19.1. The molecule has 0 saturated heterocycles. The summed E-state index contributed by atoms with van der Waals surface area (Å²) in [7, 11) is 0. The molecule has 2 aromatic heterocycles. The minimum absolute atomic E-state index is 0.142. The molecule has 11 heteroatoms. The quantitative estimate of drug-likeness (QED) is 0.312. The number of carbonyl (C=O) groups excluding carboxylic acids is 1. The molecule has 0 spiro atoms. The van der Waals surface area contributed by atoms with E-state index in [9.17, 15) is 9.18 Å². The fourth-order valence-electron chi connectivity index (χ4n) is 3.41. The number of halogens is 1. The first-order valence-electron chi connectivity index (χ1n) is 11.9. The Morgan fingerprint density at radius 1 is 1.00 bits per heavy atom. The average Bonchev–Trinajstić information content (AvgIpc) is 3.58. The van der Waals surface area contributed by atoms with Gasteiger partial charge in [0.2, 0.25) is 17.5 Å². The predicted molar refractivity (Wildman–Crippen MR) is 131 cm³/mol. The summed E-state index contributed by atoms with van der Waals surface area (Å²) in [4.78, 5) is 20.9.